The maximum Gasteiger partial charge on any atom is 0.0718 e. The number of hydrogen-bond acceptors (Lipinski definition) is 0. The summed E-state index contributed by atoms with van der Waals surface area (Å²) in [5.74, 6) is 0. The summed E-state index contributed by atoms with van der Waals surface area (Å²) in [5, 5.41) is 2.56. The molecule has 1 aromatic heterocycles. The van der Waals surface area contributed by atoms with Crippen LogP contribution in [0.5, 0.6) is 0 Å². The van der Waals surface area contributed by atoms with E-state index in [0.717, 1.165) is 12.8 Å². The van der Waals surface area contributed by atoms with Crippen LogP contribution in [0.3, 0.4) is 0 Å². The highest BCUT2D eigenvalue weighted by atomic mass is 15.0. The Labute approximate surface area is 275 Å². The predicted octanol–water partition coefficient (Wildman–Crippen LogP) is 11.2. The van der Waals surface area contributed by atoms with Gasteiger partial charge in [-0.15, -0.1) is 0 Å². The van der Waals surface area contributed by atoms with Crippen LogP contribution in [0.2, 0.25) is 0 Å². The lowest BCUT2D eigenvalue weighted by molar-refractivity contribution is 0.762. The summed E-state index contributed by atoms with van der Waals surface area (Å²) in [6.45, 7) is 2.14. The molecule has 0 fully saturated rings. The molecule has 0 saturated heterocycles. The van der Waals surface area contributed by atoms with Crippen molar-refractivity contribution in [2.24, 2.45) is 0 Å². The Morgan fingerprint density at radius 3 is 1.79 bits per heavy atom. The molecule has 7 aromatic carbocycles. The van der Waals surface area contributed by atoms with Gasteiger partial charge >= 0.3 is 0 Å². The largest absolute Gasteiger partial charge is 0.309 e. The van der Waals surface area contributed by atoms with Gasteiger partial charge in [-0.05, 0) is 112 Å². The number of fused-ring (bicyclic) bond motifs is 12. The third-order valence-corrected chi connectivity index (χ3v) is 10.8. The van der Waals surface area contributed by atoms with E-state index >= 15 is 0 Å². The number of para-hydroxylation sites is 1. The van der Waals surface area contributed by atoms with Gasteiger partial charge < -0.3 is 4.57 Å². The average molecular weight is 600 g/mol. The van der Waals surface area contributed by atoms with Crippen LogP contribution >= 0.6 is 0 Å². The molecule has 222 valence electrons. The standard InChI is InChI=1S/C46H33N/c1-30-18-24-35(25-19-30)47-44-17-9-5-13-37(44)39-29-34(23-27-45(39)47)33-22-26-43-38(28-33)36-12-4-8-16-42(36)46(43)40-14-6-2-10-31(40)20-21-32-11-3-7-15-41(32)46/h2-19,22-29H,20-21H2,1H3. The summed E-state index contributed by atoms with van der Waals surface area (Å²) in [5.41, 5.74) is 18.3. The summed E-state index contributed by atoms with van der Waals surface area (Å²) < 4.78 is 2.40. The van der Waals surface area contributed by atoms with Crippen molar-refractivity contribution in [3.05, 3.63) is 197 Å². The van der Waals surface area contributed by atoms with Gasteiger partial charge in [-0.2, -0.15) is 0 Å². The van der Waals surface area contributed by atoms with Crippen LogP contribution in [-0.2, 0) is 18.3 Å². The van der Waals surface area contributed by atoms with Crippen molar-refractivity contribution in [1.82, 2.24) is 4.57 Å². The monoisotopic (exact) mass is 599 g/mol. The summed E-state index contributed by atoms with van der Waals surface area (Å²) in [6.07, 6.45) is 2.11. The van der Waals surface area contributed by atoms with Crippen molar-refractivity contribution in [3.63, 3.8) is 0 Å². The zero-order valence-electron chi connectivity index (χ0n) is 26.4. The molecule has 0 saturated carbocycles. The van der Waals surface area contributed by atoms with Crippen LogP contribution in [0.4, 0.5) is 0 Å². The fourth-order valence-corrected chi connectivity index (χ4v) is 8.79. The Bertz CT molecular complexity index is 2480. The van der Waals surface area contributed by atoms with Crippen LogP contribution in [0.1, 0.15) is 38.9 Å². The van der Waals surface area contributed by atoms with E-state index in [1.54, 1.807) is 0 Å². The fourth-order valence-electron chi connectivity index (χ4n) is 8.79. The first-order chi connectivity index (χ1) is 23.2. The quantitative estimate of drug-likeness (QED) is 0.186. The smallest absolute Gasteiger partial charge is 0.0718 e. The van der Waals surface area contributed by atoms with E-state index in [9.17, 15) is 0 Å². The molecule has 0 aliphatic heterocycles. The molecule has 0 bridgehead atoms. The highest BCUT2D eigenvalue weighted by Crippen LogP contribution is 2.58. The first kappa shape index (κ1) is 26.5. The molecule has 0 atom stereocenters. The van der Waals surface area contributed by atoms with Crippen LogP contribution in [0, 0.1) is 6.92 Å². The molecule has 0 radical (unpaired) electrons. The Hall–Kier alpha value is -5.66. The van der Waals surface area contributed by atoms with Crippen molar-refractivity contribution < 1.29 is 0 Å². The Morgan fingerprint density at radius 2 is 1.02 bits per heavy atom. The second kappa shape index (κ2) is 9.92. The van der Waals surface area contributed by atoms with Gasteiger partial charge in [0.05, 0.1) is 16.4 Å². The van der Waals surface area contributed by atoms with E-state index in [-0.39, 0.29) is 5.41 Å². The molecule has 2 aliphatic carbocycles. The maximum atomic E-state index is 2.46. The van der Waals surface area contributed by atoms with Crippen LogP contribution in [0.25, 0.3) is 49.7 Å². The molecule has 1 spiro atoms. The Morgan fingerprint density at radius 1 is 0.447 bits per heavy atom. The van der Waals surface area contributed by atoms with Crippen LogP contribution in [-0.4, -0.2) is 4.57 Å². The first-order valence-electron chi connectivity index (χ1n) is 16.7. The molecule has 1 heteroatoms. The highest BCUT2D eigenvalue weighted by Gasteiger charge is 2.48. The number of rotatable bonds is 2. The maximum absolute atomic E-state index is 2.46. The van der Waals surface area contributed by atoms with Gasteiger partial charge in [-0.3, -0.25) is 0 Å². The van der Waals surface area contributed by atoms with E-state index < -0.39 is 0 Å². The molecular weight excluding hydrogens is 567 g/mol. The van der Waals surface area contributed by atoms with Gasteiger partial charge in [0.25, 0.3) is 0 Å². The van der Waals surface area contributed by atoms with Crippen molar-refractivity contribution in [3.8, 4) is 27.9 Å². The van der Waals surface area contributed by atoms with E-state index in [0.29, 0.717) is 0 Å². The minimum atomic E-state index is -0.334. The number of benzene rings is 7. The lowest BCUT2D eigenvalue weighted by Gasteiger charge is -2.35. The lowest BCUT2D eigenvalue weighted by atomic mass is 9.66. The molecular formula is C46H33N. The zero-order valence-corrected chi connectivity index (χ0v) is 26.4. The normalized spacial score (nSPS) is 14.1. The molecule has 2 aliphatic rings. The minimum absolute atomic E-state index is 0.334. The van der Waals surface area contributed by atoms with E-state index in [2.05, 4.69) is 169 Å². The third-order valence-electron chi connectivity index (χ3n) is 10.8. The van der Waals surface area contributed by atoms with Gasteiger partial charge in [-0.1, -0.05) is 127 Å². The van der Waals surface area contributed by atoms with E-state index in [1.165, 1.54) is 88.7 Å². The molecule has 0 amide bonds. The summed E-state index contributed by atoms with van der Waals surface area (Å²) in [7, 11) is 0. The van der Waals surface area contributed by atoms with Crippen LogP contribution < -0.4 is 0 Å². The van der Waals surface area contributed by atoms with Crippen molar-refractivity contribution in [2.75, 3.05) is 0 Å². The highest BCUT2D eigenvalue weighted by molar-refractivity contribution is 6.10. The van der Waals surface area contributed by atoms with Crippen molar-refractivity contribution in [1.29, 1.82) is 0 Å². The van der Waals surface area contributed by atoms with Crippen molar-refractivity contribution in [2.45, 2.75) is 25.2 Å². The predicted molar refractivity (Wildman–Crippen MR) is 196 cm³/mol. The molecule has 47 heavy (non-hydrogen) atoms. The summed E-state index contributed by atoms with van der Waals surface area (Å²) >= 11 is 0. The lowest BCUT2D eigenvalue weighted by Crippen LogP contribution is -2.29. The molecule has 1 heterocycles. The Kier molecular flexibility index (Phi) is 5.60. The second-order valence-electron chi connectivity index (χ2n) is 13.3. The van der Waals surface area contributed by atoms with E-state index in [1.807, 2.05) is 0 Å². The number of aromatic nitrogens is 1. The van der Waals surface area contributed by atoms with E-state index in [4.69, 9.17) is 0 Å². The number of nitrogens with zero attached hydrogens (tertiary/aromatic N) is 1. The molecule has 10 rings (SSSR count). The fraction of sp³-hybridized carbons (Fsp3) is 0.0870. The Balaban J connectivity index is 1.21. The summed E-state index contributed by atoms with van der Waals surface area (Å²) in [6, 6.07) is 59.4. The SMILES string of the molecule is Cc1ccc(-n2c3ccccc3c3cc(-c4ccc5c(c4)-c4ccccc4C54c5ccccc5CCc5ccccc54)ccc32)cc1. The van der Waals surface area contributed by atoms with Gasteiger partial charge in [0.2, 0.25) is 0 Å². The average Bonchev–Trinajstić information content (AvgIpc) is 3.55. The van der Waals surface area contributed by atoms with Gasteiger partial charge in [0.15, 0.2) is 0 Å². The molecule has 0 unspecified atom stereocenters. The van der Waals surface area contributed by atoms with Crippen LogP contribution in [0.15, 0.2) is 158 Å². The van der Waals surface area contributed by atoms with Gasteiger partial charge in [0.1, 0.15) is 0 Å². The van der Waals surface area contributed by atoms with Crippen molar-refractivity contribution >= 4 is 21.8 Å². The molecule has 1 nitrogen and oxygen atoms in total. The second-order valence-corrected chi connectivity index (χ2v) is 13.3. The van der Waals surface area contributed by atoms with Gasteiger partial charge in [-0.25, -0.2) is 0 Å². The summed E-state index contributed by atoms with van der Waals surface area (Å²) in [4.78, 5) is 0. The molecule has 8 aromatic rings. The first-order valence-corrected chi connectivity index (χ1v) is 16.7. The zero-order chi connectivity index (χ0) is 31.1. The minimum Gasteiger partial charge on any atom is -0.309 e. The number of hydrogen-bond donors (Lipinski definition) is 0. The molecule has 0 N–H and O–H groups in total. The number of aryl methyl sites for hydroxylation is 3. The van der Waals surface area contributed by atoms with Gasteiger partial charge in [0, 0.05) is 16.5 Å². The topological polar surface area (TPSA) is 4.93 Å². The third kappa shape index (κ3) is 3.66.